The number of fused-ring (bicyclic) bond motifs is 1. The summed E-state index contributed by atoms with van der Waals surface area (Å²) in [6.45, 7) is 2.83. The molecule has 4 nitrogen and oxygen atoms in total. The van der Waals surface area contributed by atoms with E-state index in [4.69, 9.17) is 9.84 Å². The Bertz CT molecular complexity index is 1020. The molecule has 0 aliphatic heterocycles. The zero-order valence-corrected chi connectivity index (χ0v) is 16.1. The summed E-state index contributed by atoms with van der Waals surface area (Å²) in [7, 11) is 1.70. The van der Waals surface area contributed by atoms with Crippen LogP contribution in [0.2, 0.25) is 0 Å². The molecule has 1 aliphatic carbocycles. The molecule has 1 saturated carbocycles. The lowest BCUT2D eigenvalue weighted by molar-refractivity contribution is 0.415. The third-order valence-corrected chi connectivity index (χ3v) is 5.60. The summed E-state index contributed by atoms with van der Waals surface area (Å²) in [5.41, 5.74) is 3.56. The zero-order chi connectivity index (χ0) is 17.9. The van der Waals surface area contributed by atoms with Crippen molar-refractivity contribution in [3.8, 4) is 17.0 Å². The Balaban J connectivity index is 1.83. The molecule has 0 N–H and O–H groups in total. The van der Waals surface area contributed by atoms with Crippen molar-refractivity contribution in [3.63, 3.8) is 0 Å². The molecule has 0 bridgehead atoms. The second kappa shape index (κ2) is 7.46. The Hall–Kier alpha value is -2.40. The number of methoxy groups -OCH3 is 1. The molecule has 1 aliphatic rings. The van der Waals surface area contributed by atoms with Gasteiger partial charge in [0.25, 0.3) is 0 Å². The maximum Gasteiger partial charge on any atom is 0.206 e. The predicted molar refractivity (Wildman–Crippen MR) is 109 cm³/mol. The molecule has 4 rings (SSSR count). The second-order valence-corrected chi connectivity index (χ2v) is 7.33. The Labute approximate surface area is 157 Å². The van der Waals surface area contributed by atoms with Crippen LogP contribution in [-0.2, 0) is 0 Å². The van der Waals surface area contributed by atoms with E-state index in [1.54, 1.807) is 18.4 Å². The number of aromatic nitrogens is 1. The molecule has 1 aromatic heterocycles. The van der Waals surface area contributed by atoms with E-state index in [-0.39, 0.29) is 0 Å². The van der Waals surface area contributed by atoms with E-state index < -0.39 is 0 Å². The fourth-order valence-electron chi connectivity index (χ4n) is 3.37. The number of hydrogen-bond donors (Lipinski definition) is 0. The predicted octanol–water partition coefficient (Wildman–Crippen LogP) is 5.08. The van der Waals surface area contributed by atoms with Crippen molar-refractivity contribution in [2.45, 2.75) is 32.6 Å². The first kappa shape index (κ1) is 17.0. The largest absolute Gasteiger partial charge is 0.497 e. The fraction of sp³-hybridized carbons (Fsp3) is 0.333. The highest BCUT2D eigenvalue weighted by molar-refractivity contribution is 7.07. The van der Waals surface area contributed by atoms with Gasteiger partial charge in [-0.3, -0.25) is 4.99 Å². The SMILES string of the molecule is CCN=c1scc(-c2ccc3cc(OC)ccc3c2)n1N=C1CCCC1. The smallest absolute Gasteiger partial charge is 0.206 e. The summed E-state index contributed by atoms with van der Waals surface area (Å²) in [6, 6.07) is 12.7. The molecule has 1 heterocycles. The Morgan fingerprint density at radius 1 is 1.08 bits per heavy atom. The molecule has 0 unspecified atom stereocenters. The van der Waals surface area contributed by atoms with Crippen LogP contribution in [0.25, 0.3) is 22.0 Å². The van der Waals surface area contributed by atoms with Crippen molar-refractivity contribution in [1.82, 2.24) is 4.68 Å². The molecule has 134 valence electrons. The van der Waals surface area contributed by atoms with Crippen LogP contribution in [0.1, 0.15) is 32.6 Å². The summed E-state index contributed by atoms with van der Waals surface area (Å²) in [6.07, 6.45) is 4.70. The Morgan fingerprint density at radius 2 is 1.85 bits per heavy atom. The van der Waals surface area contributed by atoms with Crippen molar-refractivity contribution in [2.24, 2.45) is 10.1 Å². The molecular formula is C21H23N3OS. The first-order valence-corrected chi connectivity index (χ1v) is 10.0. The molecule has 0 saturated heterocycles. The molecule has 3 aromatic rings. The van der Waals surface area contributed by atoms with Gasteiger partial charge >= 0.3 is 0 Å². The van der Waals surface area contributed by atoms with Gasteiger partial charge in [0, 0.05) is 23.2 Å². The van der Waals surface area contributed by atoms with Crippen LogP contribution in [0.4, 0.5) is 0 Å². The molecule has 26 heavy (non-hydrogen) atoms. The van der Waals surface area contributed by atoms with Crippen LogP contribution in [0.15, 0.2) is 51.9 Å². The van der Waals surface area contributed by atoms with Crippen LogP contribution in [0.5, 0.6) is 5.75 Å². The van der Waals surface area contributed by atoms with Crippen LogP contribution in [-0.4, -0.2) is 24.0 Å². The molecule has 5 heteroatoms. The van der Waals surface area contributed by atoms with Gasteiger partial charge in [0.15, 0.2) is 0 Å². The molecular weight excluding hydrogens is 342 g/mol. The number of hydrogen-bond acceptors (Lipinski definition) is 4. The minimum Gasteiger partial charge on any atom is -0.497 e. The maximum atomic E-state index is 5.33. The lowest BCUT2D eigenvalue weighted by Crippen LogP contribution is -2.14. The van der Waals surface area contributed by atoms with E-state index in [2.05, 4.69) is 47.6 Å². The van der Waals surface area contributed by atoms with E-state index in [1.807, 2.05) is 10.7 Å². The lowest BCUT2D eigenvalue weighted by Gasteiger charge is -2.08. The number of thiazole rings is 1. The van der Waals surface area contributed by atoms with Crippen LogP contribution < -0.4 is 9.54 Å². The van der Waals surface area contributed by atoms with Gasteiger partial charge in [0.1, 0.15) is 5.75 Å². The van der Waals surface area contributed by atoms with Crippen LogP contribution in [0, 0.1) is 0 Å². The molecule has 1 fully saturated rings. The highest BCUT2D eigenvalue weighted by atomic mass is 32.1. The minimum absolute atomic E-state index is 0.766. The molecule has 2 aromatic carbocycles. The average Bonchev–Trinajstić information content (AvgIpc) is 3.32. The summed E-state index contributed by atoms with van der Waals surface area (Å²) in [5.74, 6) is 0.882. The summed E-state index contributed by atoms with van der Waals surface area (Å²) in [4.78, 5) is 5.61. The molecule has 0 radical (unpaired) electrons. The average molecular weight is 366 g/mol. The van der Waals surface area contributed by atoms with Gasteiger partial charge < -0.3 is 4.74 Å². The van der Waals surface area contributed by atoms with E-state index >= 15 is 0 Å². The Morgan fingerprint density at radius 3 is 2.62 bits per heavy atom. The first-order valence-electron chi connectivity index (χ1n) is 9.14. The van der Waals surface area contributed by atoms with Gasteiger partial charge in [0.05, 0.1) is 12.8 Å². The highest BCUT2D eigenvalue weighted by Crippen LogP contribution is 2.28. The highest BCUT2D eigenvalue weighted by Gasteiger charge is 2.13. The van der Waals surface area contributed by atoms with Crippen molar-refractivity contribution < 1.29 is 4.74 Å². The maximum absolute atomic E-state index is 5.33. The summed E-state index contributed by atoms with van der Waals surface area (Å²) >= 11 is 1.66. The van der Waals surface area contributed by atoms with Crippen LogP contribution in [0.3, 0.4) is 0 Å². The molecule has 0 amide bonds. The number of benzene rings is 2. The third-order valence-electron chi connectivity index (χ3n) is 4.74. The van der Waals surface area contributed by atoms with Gasteiger partial charge in [-0.1, -0.05) is 18.2 Å². The summed E-state index contributed by atoms with van der Waals surface area (Å²) < 4.78 is 7.37. The standard InChI is InChI=1S/C21H23N3OS/c1-3-22-21-24(23-18-6-4-5-7-18)20(14-26-21)17-9-8-16-13-19(25-2)11-10-15(16)12-17/h8-14H,3-7H2,1-2H3. The number of nitrogens with zero attached hydrogens (tertiary/aromatic N) is 3. The Kier molecular flexibility index (Phi) is 4.89. The van der Waals surface area contributed by atoms with Gasteiger partial charge in [-0.25, -0.2) is 4.68 Å². The van der Waals surface area contributed by atoms with E-state index in [0.29, 0.717) is 0 Å². The van der Waals surface area contributed by atoms with Crippen molar-refractivity contribution in [1.29, 1.82) is 0 Å². The fourth-order valence-corrected chi connectivity index (χ4v) is 4.27. The normalized spacial score (nSPS) is 15.0. The lowest BCUT2D eigenvalue weighted by atomic mass is 10.1. The summed E-state index contributed by atoms with van der Waals surface area (Å²) in [5, 5.41) is 9.49. The van der Waals surface area contributed by atoms with Crippen molar-refractivity contribution >= 4 is 27.8 Å². The zero-order valence-electron chi connectivity index (χ0n) is 15.2. The van der Waals surface area contributed by atoms with Crippen LogP contribution >= 0.6 is 11.3 Å². The minimum atomic E-state index is 0.766. The van der Waals surface area contributed by atoms with Gasteiger partial charge in [-0.05, 0) is 61.6 Å². The third kappa shape index (κ3) is 3.31. The second-order valence-electron chi connectivity index (χ2n) is 6.49. The number of rotatable bonds is 4. The monoisotopic (exact) mass is 365 g/mol. The van der Waals surface area contributed by atoms with E-state index in [0.717, 1.165) is 35.6 Å². The molecule has 0 spiro atoms. The quantitative estimate of drug-likeness (QED) is 0.635. The van der Waals surface area contributed by atoms with Crippen molar-refractivity contribution in [2.75, 3.05) is 13.7 Å². The van der Waals surface area contributed by atoms with Gasteiger partial charge in [-0.2, -0.15) is 5.10 Å². The van der Waals surface area contributed by atoms with Gasteiger partial charge in [0.2, 0.25) is 4.80 Å². The topological polar surface area (TPSA) is 38.9 Å². The molecule has 0 atom stereocenters. The van der Waals surface area contributed by atoms with Gasteiger partial charge in [-0.15, -0.1) is 11.3 Å². The number of ether oxygens (including phenoxy) is 1. The first-order chi connectivity index (χ1) is 12.8. The van der Waals surface area contributed by atoms with Crippen molar-refractivity contribution in [3.05, 3.63) is 46.6 Å². The van der Waals surface area contributed by atoms with E-state index in [1.165, 1.54) is 34.9 Å². The van der Waals surface area contributed by atoms with E-state index in [9.17, 15) is 0 Å².